The van der Waals surface area contributed by atoms with Crippen LogP contribution >= 0.6 is 0 Å². The Morgan fingerprint density at radius 2 is 1.00 bits per heavy atom. The molecular weight excluding hydrogens is 294 g/mol. The zero-order valence-corrected chi connectivity index (χ0v) is 13.0. The van der Waals surface area contributed by atoms with Gasteiger partial charge in [-0.3, -0.25) is 0 Å². The van der Waals surface area contributed by atoms with Gasteiger partial charge in [-0.1, -0.05) is 78.9 Å². The predicted octanol–water partition coefficient (Wildman–Crippen LogP) is 4.87. The van der Waals surface area contributed by atoms with Crippen LogP contribution in [-0.4, -0.2) is 15.0 Å². The van der Waals surface area contributed by atoms with E-state index in [0.717, 1.165) is 16.7 Å². The van der Waals surface area contributed by atoms with Gasteiger partial charge in [-0.15, -0.1) is 0 Å². The molecule has 0 radical (unpaired) electrons. The van der Waals surface area contributed by atoms with Gasteiger partial charge in [0.05, 0.1) is 0 Å². The fourth-order valence-corrected chi connectivity index (χ4v) is 2.78. The molecule has 24 heavy (non-hydrogen) atoms. The lowest BCUT2D eigenvalue weighted by Gasteiger charge is -2.09. The third-order valence-electron chi connectivity index (χ3n) is 3.96. The van der Waals surface area contributed by atoms with Crippen LogP contribution < -0.4 is 0 Å². The highest BCUT2D eigenvalue weighted by Gasteiger charge is 2.09. The quantitative estimate of drug-likeness (QED) is 0.542. The zero-order valence-electron chi connectivity index (χ0n) is 13.0. The van der Waals surface area contributed by atoms with Crippen LogP contribution in [0.5, 0.6) is 0 Å². The normalized spacial score (nSPS) is 10.5. The Morgan fingerprint density at radius 1 is 0.458 bits per heavy atom. The van der Waals surface area contributed by atoms with Gasteiger partial charge in [0, 0.05) is 5.56 Å². The molecule has 0 aliphatic rings. The maximum atomic E-state index is 4.28. The summed E-state index contributed by atoms with van der Waals surface area (Å²) in [6.07, 6.45) is 3.05. The molecule has 0 amide bonds. The van der Waals surface area contributed by atoms with E-state index in [1.165, 1.54) is 23.8 Å². The summed E-state index contributed by atoms with van der Waals surface area (Å²) >= 11 is 0. The van der Waals surface area contributed by atoms with Crippen LogP contribution in [-0.2, 0) is 0 Å². The fraction of sp³-hybridized carbons (Fsp3) is 0. The second-order valence-corrected chi connectivity index (χ2v) is 5.45. The first kappa shape index (κ1) is 14.3. The number of aromatic nitrogens is 3. The molecule has 4 aromatic rings. The first-order valence-corrected chi connectivity index (χ1v) is 7.79. The van der Waals surface area contributed by atoms with Gasteiger partial charge in [-0.05, 0) is 22.3 Å². The van der Waals surface area contributed by atoms with Crippen molar-refractivity contribution in [2.45, 2.75) is 0 Å². The van der Waals surface area contributed by atoms with Crippen molar-refractivity contribution in [3.8, 4) is 33.6 Å². The molecule has 0 aliphatic carbocycles. The van der Waals surface area contributed by atoms with E-state index in [1.54, 1.807) is 0 Å². The van der Waals surface area contributed by atoms with Gasteiger partial charge >= 0.3 is 0 Å². The van der Waals surface area contributed by atoms with Gasteiger partial charge in [0.15, 0.2) is 5.82 Å². The third-order valence-corrected chi connectivity index (χ3v) is 3.96. The number of rotatable bonds is 3. The van der Waals surface area contributed by atoms with Crippen LogP contribution in [0.25, 0.3) is 33.6 Å². The largest absolute Gasteiger partial charge is 0.225 e. The zero-order chi connectivity index (χ0) is 16.2. The van der Waals surface area contributed by atoms with Gasteiger partial charge in [0.2, 0.25) is 0 Å². The van der Waals surface area contributed by atoms with Crippen LogP contribution in [0.1, 0.15) is 0 Å². The molecule has 3 nitrogen and oxygen atoms in total. The van der Waals surface area contributed by atoms with E-state index < -0.39 is 0 Å². The minimum atomic E-state index is 0.688. The van der Waals surface area contributed by atoms with E-state index in [0.29, 0.717) is 5.82 Å². The summed E-state index contributed by atoms with van der Waals surface area (Å²) in [7, 11) is 0. The molecule has 1 heterocycles. The molecule has 0 spiro atoms. The number of benzene rings is 3. The van der Waals surface area contributed by atoms with Gasteiger partial charge in [0.1, 0.15) is 12.7 Å². The van der Waals surface area contributed by atoms with Gasteiger partial charge in [-0.2, -0.15) is 0 Å². The molecule has 0 saturated carbocycles. The van der Waals surface area contributed by atoms with Crippen LogP contribution in [0.15, 0.2) is 91.5 Å². The molecule has 0 atom stereocenters. The minimum Gasteiger partial charge on any atom is -0.225 e. The molecule has 0 N–H and O–H groups in total. The molecule has 4 rings (SSSR count). The number of hydrogen-bond donors (Lipinski definition) is 0. The maximum Gasteiger partial charge on any atom is 0.163 e. The van der Waals surface area contributed by atoms with E-state index in [1.807, 2.05) is 24.3 Å². The van der Waals surface area contributed by atoms with E-state index in [4.69, 9.17) is 0 Å². The standard InChI is InChI=1S/C21H15N3/c1-2-6-16(7-3-1)17-10-12-18(13-11-17)19-8-4-5-9-20(19)21-23-14-22-15-24-21/h1-15H. The summed E-state index contributed by atoms with van der Waals surface area (Å²) < 4.78 is 0. The Labute approximate surface area is 140 Å². The lowest BCUT2D eigenvalue weighted by Crippen LogP contribution is -1.92. The Hall–Kier alpha value is -3.33. The van der Waals surface area contributed by atoms with Crippen LogP contribution in [0, 0.1) is 0 Å². The Balaban J connectivity index is 1.75. The highest BCUT2D eigenvalue weighted by molar-refractivity contribution is 5.81. The Morgan fingerprint density at radius 3 is 1.71 bits per heavy atom. The summed E-state index contributed by atoms with van der Waals surface area (Å²) in [5.41, 5.74) is 5.69. The molecule has 0 unspecified atom stereocenters. The van der Waals surface area contributed by atoms with Gasteiger partial charge in [0.25, 0.3) is 0 Å². The van der Waals surface area contributed by atoms with Gasteiger partial charge in [-0.25, -0.2) is 15.0 Å². The summed E-state index contributed by atoms with van der Waals surface area (Å²) in [5.74, 6) is 0.688. The predicted molar refractivity (Wildman–Crippen MR) is 96.1 cm³/mol. The van der Waals surface area contributed by atoms with Crippen molar-refractivity contribution >= 4 is 0 Å². The van der Waals surface area contributed by atoms with Crippen molar-refractivity contribution in [3.63, 3.8) is 0 Å². The fourth-order valence-electron chi connectivity index (χ4n) is 2.78. The number of nitrogens with zero attached hydrogens (tertiary/aromatic N) is 3. The lowest BCUT2D eigenvalue weighted by atomic mass is 9.96. The topological polar surface area (TPSA) is 38.7 Å². The molecular formula is C21H15N3. The van der Waals surface area contributed by atoms with E-state index in [2.05, 4.69) is 69.5 Å². The first-order chi connectivity index (χ1) is 11.9. The first-order valence-electron chi connectivity index (χ1n) is 7.79. The van der Waals surface area contributed by atoms with Crippen molar-refractivity contribution in [3.05, 3.63) is 91.5 Å². The molecule has 0 fully saturated rings. The summed E-state index contributed by atoms with van der Waals surface area (Å²) in [6, 6.07) is 27.1. The van der Waals surface area contributed by atoms with E-state index in [-0.39, 0.29) is 0 Å². The average Bonchev–Trinajstić information content (AvgIpc) is 2.69. The van der Waals surface area contributed by atoms with Crippen molar-refractivity contribution in [2.75, 3.05) is 0 Å². The van der Waals surface area contributed by atoms with Crippen LogP contribution in [0.2, 0.25) is 0 Å². The molecule has 3 aromatic carbocycles. The SMILES string of the molecule is c1ccc(-c2ccc(-c3ccccc3-c3ncncn3)cc2)cc1. The molecule has 114 valence electrons. The minimum absolute atomic E-state index is 0.688. The molecule has 0 saturated heterocycles. The van der Waals surface area contributed by atoms with Gasteiger partial charge < -0.3 is 0 Å². The third kappa shape index (κ3) is 2.79. The molecule has 0 bridgehead atoms. The van der Waals surface area contributed by atoms with Crippen LogP contribution in [0.4, 0.5) is 0 Å². The average molecular weight is 309 g/mol. The second-order valence-electron chi connectivity index (χ2n) is 5.45. The molecule has 3 heteroatoms. The van der Waals surface area contributed by atoms with Crippen LogP contribution in [0.3, 0.4) is 0 Å². The Kier molecular flexibility index (Phi) is 3.82. The van der Waals surface area contributed by atoms with E-state index in [9.17, 15) is 0 Å². The van der Waals surface area contributed by atoms with Crippen molar-refractivity contribution in [1.82, 2.24) is 15.0 Å². The number of hydrogen-bond acceptors (Lipinski definition) is 3. The second kappa shape index (κ2) is 6.42. The Bertz CT molecular complexity index is 933. The highest BCUT2D eigenvalue weighted by Crippen LogP contribution is 2.31. The molecule has 1 aromatic heterocycles. The smallest absolute Gasteiger partial charge is 0.163 e. The highest BCUT2D eigenvalue weighted by atomic mass is 15.0. The van der Waals surface area contributed by atoms with Crippen molar-refractivity contribution < 1.29 is 0 Å². The van der Waals surface area contributed by atoms with E-state index >= 15 is 0 Å². The summed E-state index contributed by atoms with van der Waals surface area (Å²) in [4.78, 5) is 12.5. The maximum absolute atomic E-state index is 4.28. The van der Waals surface area contributed by atoms with Crippen molar-refractivity contribution in [1.29, 1.82) is 0 Å². The summed E-state index contributed by atoms with van der Waals surface area (Å²) in [5, 5.41) is 0. The van der Waals surface area contributed by atoms with Crippen molar-refractivity contribution in [2.24, 2.45) is 0 Å². The molecule has 0 aliphatic heterocycles. The monoisotopic (exact) mass is 309 g/mol. The lowest BCUT2D eigenvalue weighted by molar-refractivity contribution is 1.06. The summed E-state index contributed by atoms with van der Waals surface area (Å²) in [6.45, 7) is 0.